The summed E-state index contributed by atoms with van der Waals surface area (Å²) >= 11 is 0. The standard InChI is InChI=1S/C40H40N2O5/c1-45-39(43)23-24-42(31-34-17-11-22-38(27-34)47-36-19-9-4-10-20-36)40(44)35-18-12-21-37(28-35)46-26-25-41(29-32-13-5-2-6-14-32)30-33-15-7-3-8-16-33/h2-22,27-28H,23-26,29-31H2,1H3. The molecule has 7 nitrogen and oxygen atoms in total. The second-order valence-corrected chi connectivity index (χ2v) is 11.2. The third-order valence-electron chi connectivity index (χ3n) is 7.61. The summed E-state index contributed by atoms with van der Waals surface area (Å²) in [5.41, 5.74) is 3.83. The predicted molar refractivity (Wildman–Crippen MR) is 183 cm³/mol. The molecule has 0 spiro atoms. The van der Waals surface area contributed by atoms with E-state index in [0.29, 0.717) is 36.8 Å². The Hall–Kier alpha value is -5.40. The van der Waals surface area contributed by atoms with Gasteiger partial charge in [0, 0.05) is 38.3 Å². The van der Waals surface area contributed by atoms with Crippen molar-refractivity contribution in [1.82, 2.24) is 9.80 Å². The number of esters is 1. The van der Waals surface area contributed by atoms with E-state index < -0.39 is 0 Å². The lowest BCUT2D eigenvalue weighted by Gasteiger charge is -2.24. The molecular weight excluding hydrogens is 588 g/mol. The van der Waals surface area contributed by atoms with Crippen LogP contribution in [0, 0.1) is 0 Å². The van der Waals surface area contributed by atoms with Crippen LogP contribution in [-0.4, -0.2) is 48.5 Å². The zero-order valence-corrected chi connectivity index (χ0v) is 26.7. The quantitative estimate of drug-likeness (QED) is 0.104. The highest BCUT2D eigenvalue weighted by Gasteiger charge is 2.19. The lowest BCUT2D eigenvalue weighted by molar-refractivity contribution is -0.140. The highest BCUT2D eigenvalue weighted by atomic mass is 16.5. The number of hydrogen-bond acceptors (Lipinski definition) is 6. The first-order valence-corrected chi connectivity index (χ1v) is 15.8. The number of ether oxygens (including phenoxy) is 3. The molecule has 0 heterocycles. The van der Waals surface area contributed by atoms with E-state index in [1.807, 2.05) is 78.9 Å². The van der Waals surface area contributed by atoms with Crippen molar-refractivity contribution in [2.24, 2.45) is 0 Å². The molecule has 0 unspecified atom stereocenters. The molecule has 0 bridgehead atoms. The van der Waals surface area contributed by atoms with E-state index in [-0.39, 0.29) is 24.8 Å². The van der Waals surface area contributed by atoms with Gasteiger partial charge < -0.3 is 19.1 Å². The summed E-state index contributed by atoms with van der Waals surface area (Å²) in [6, 6.07) is 45.1. The molecule has 0 saturated carbocycles. The molecule has 5 aromatic carbocycles. The summed E-state index contributed by atoms with van der Waals surface area (Å²) in [6.07, 6.45) is 0.0807. The molecule has 7 heteroatoms. The SMILES string of the molecule is COC(=O)CCN(Cc1cccc(Oc2ccccc2)c1)C(=O)c1cccc(OCCN(Cc2ccccc2)Cc2ccccc2)c1. The topological polar surface area (TPSA) is 68.3 Å². The molecule has 5 aromatic rings. The summed E-state index contributed by atoms with van der Waals surface area (Å²) in [4.78, 5) is 29.9. The summed E-state index contributed by atoms with van der Waals surface area (Å²) in [5, 5.41) is 0. The van der Waals surface area contributed by atoms with Gasteiger partial charge in [-0.05, 0) is 59.2 Å². The molecule has 0 aliphatic rings. The Kier molecular flexibility index (Phi) is 12.2. The van der Waals surface area contributed by atoms with E-state index in [9.17, 15) is 9.59 Å². The van der Waals surface area contributed by atoms with Gasteiger partial charge in [-0.3, -0.25) is 14.5 Å². The summed E-state index contributed by atoms with van der Waals surface area (Å²) in [7, 11) is 1.35. The monoisotopic (exact) mass is 628 g/mol. The number of benzene rings is 5. The molecule has 0 radical (unpaired) electrons. The van der Waals surface area contributed by atoms with Gasteiger partial charge in [-0.25, -0.2) is 0 Å². The van der Waals surface area contributed by atoms with Gasteiger partial charge in [-0.2, -0.15) is 0 Å². The number of hydrogen-bond donors (Lipinski definition) is 0. The minimum absolute atomic E-state index is 0.0807. The maximum absolute atomic E-state index is 13.8. The highest BCUT2D eigenvalue weighted by Crippen LogP contribution is 2.24. The molecule has 47 heavy (non-hydrogen) atoms. The van der Waals surface area contributed by atoms with E-state index in [0.717, 1.165) is 24.4 Å². The molecule has 0 aromatic heterocycles. The van der Waals surface area contributed by atoms with Crippen LogP contribution in [0.4, 0.5) is 0 Å². The highest BCUT2D eigenvalue weighted by molar-refractivity contribution is 5.94. The van der Waals surface area contributed by atoms with Crippen molar-refractivity contribution in [2.75, 3.05) is 26.8 Å². The van der Waals surface area contributed by atoms with Crippen LogP contribution in [0.5, 0.6) is 17.2 Å². The molecule has 0 aliphatic carbocycles. The lowest BCUT2D eigenvalue weighted by atomic mass is 10.1. The van der Waals surface area contributed by atoms with Crippen LogP contribution in [0.15, 0.2) is 140 Å². The van der Waals surface area contributed by atoms with Crippen molar-refractivity contribution in [3.05, 3.63) is 162 Å². The van der Waals surface area contributed by atoms with E-state index >= 15 is 0 Å². The number of para-hydroxylation sites is 1. The average molecular weight is 629 g/mol. The number of amides is 1. The van der Waals surface area contributed by atoms with Gasteiger partial charge in [0.15, 0.2) is 0 Å². The second-order valence-electron chi connectivity index (χ2n) is 11.2. The minimum atomic E-state index is -0.378. The van der Waals surface area contributed by atoms with Crippen molar-refractivity contribution >= 4 is 11.9 Å². The van der Waals surface area contributed by atoms with Gasteiger partial charge in [0.2, 0.25) is 0 Å². The Labute approximate surface area is 276 Å². The van der Waals surface area contributed by atoms with E-state index in [4.69, 9.17) is 14.2 Å². The number of carbonyl (C=O) groups excluding carboxylic acids is 2. The normalized spacial score (nSPS) is 10.8. The Balaban J connectivity index is 1.25. The van der Waals surface area contributed by atoms with E-state index in [1.54, 1.807) is 17.0 Å². The Bertz CT molecular complexity index is 1650. The van der Waals surface area contributed by atoms with Crippen LogP contribution in [-0.2, 0) is 29.2 Å². The Morgan fingerprint density at radius 3 is 1.81 bits per heavy atom. The van der Waals surface area contributed by atoms with Crippen molar-refractivity contribution < 1.29 is 23.8 Å². The first kappa shape index (κ1) is 33.0. The van der Waals surface area contributed by atoms with Crippen molar-refractivity contribution in [3.8, 4) is 17.2 Å². The predicted octanol–water partition coefficient (Wildman–Crippen LogP) is 7.77. The molecule has 240 valence electrons. The van der Waals surface area contributed by atoms with Crippen LogP contribution in [0.2, 0.25) is 0 Å². The fourth-order valence-electron chi connectivity index (χ4n) is 5.22. The Morgan fingerprint density at radius 1 is 0.574 bits per heavy atom. The van der Waals surface area contributed by atoms with E-state index in [1.165, 1.54) is 18.2 Å². The molecule has 0 N–H and O–H groups in total. The van der Waals surface area contributed by atoms with Crippen LogP contribution >= 0.6 is 0 Å². The number of carbonyl (C=O) groups is 2. The zero-order chi connectivity index (χ0) is 32.7. The fourth-order valence-corrected chi connectivity index (χ4v) is 5.22. The fraction of sp³-hybridized carbons (Fsp3) is 0.200. The first-order chi connectivity index (χ1) is 23.1. The molecule has 5 rings (SSSR count). The maximum atomic E-state index is 13.8. The van der Waals surface area contributed by atoms with Gasteiger partial charge in [0.25, 0.3) is 5.91 Å². The first-order valence-electron chi connectivity index (χ1n) is 15.8. The van der Waals surface area contributed by atoms with Crippen molar-refractivity contribution in [1.29, 1.82) is 0 Å². The van der Waals surface area contributed by atoms with Crippen LogP contribution in [0.3, 0.4) is 0 Å². The zero-order valence-electron chi connectivity index (χ0n) is 26.7. The largest absolute Gasteiger partial charge is 0.492 e. The van der Waals surface area contributed by atoms with Crippen molar-refractivity contribution in [2.45, 2.75) is 26.1 Å². The van der Waals surface area contributed by atoms with Gasteiger partial charge >= 0.3 is 5.97 Å². The molecular formula is C40H40N2O5. The molecule has 0 atom stereocenters. The minimum Gasteiger partial charge on any atom is -0.492 e. The summed E-state index contributed by atoms with van der Waals surface area (Å²) in [5.74, 6) is 1.42. The van der Waals surface area contributed by atoms with Crippen molar-refractivity contribution in [3.63, 3.8) is 0 Å². The Morgan fingerprint density at radius 2 is 1.15 bits per heavy atom. The lowest BCUT2D eigenvalue weighted by Crippen LogP contribution is -2.33. The maximum Gasteiger partial charge on any atom is 0.307 e. The average Bonchev–Trinajstić information content (AvgIpc) is 3.11. The van der Waals surface area contributed by atoms with E-state index in [2.05, 4.69) is 53.4 Å². The molecule has 0 fully saturated rings. The number of rotatable bonds is 16. The number of methoxy groups -OCH3 is 1. The molecule has 0 aliphatic heterocycles. The molecule has 1 amide bonds. The third kappa shape index (κ3) is 10.6. The smallest absolute Gasteiger partial charge is 0.307 e. The van der Waals surface area contributed by atoms with Gasteiger partial charge in [0.1, 0.15) is 23.9 Å². The van der Waals surface area contributed by atoms with Crippen LogP contribution < -0.4 is 9.47 Å². The van der Waals surface area contributed by atoms with Gasteiger partial charge in [0.05, 0.1) is 13.5 Å². The summed E-state index contributed by atoms with van der Waals surface area (Å²) < 4.78 is 17.0. The number of nitrogens with zero attached hydrogens (tertiary/aromatic N) is 2. The van der Waals surface area contributed by atoms with Gasteiger partial charge in [-0.15, -0.1) is 0 Å². The van der Waals surface area contributed by atoms with Crippen LogP contribution in [0.25, 0.3) is 0 Å². The van der Waals surface area contributed by atoms with Gasteiger partial charge in [-0.1, -0.05) is 97.1 Å². The summed E-state index contributed by atoms with van der Waals surface area (Å²) in [6.45, 7) is 3.25. The van der Waals surface area contributed by atoms with Crippen LogP contribution in [0.1, 0.15) is 33.5 Å². The molecule has 0 saturated heterocycles. The third-order valence-corrected chi connectivity index (χ3v) is 7.61. The second kappa shape index (κ2) is 17.3.